The smallest absolute Gasteiger partial charge is 0.244 e. The number of piperidine rings is 1. The molecule has 2 heterocycles. The van der Waals surface area contributed by atoms with Crippen molar-refractivity contribution < 1.29 is 9.47 Å². The molecule has 0 bridgehead atoms. The van der Waals surface area contributed by atoms with Gasteiger partial charge in [-0.05, 0) is 25.3 Å². The average molecular weight is 269 g/mol. The first-order valence-electron chi connectivity index (χ1n) is 6.76. The first-order valence-corrected chi connectivity index (χ1v) is 6.76. The van der Waals surface area contributed by atoms with Gasteiger partial charge in [-0.2, -0.15) is 4.98 Å². The van der Waals surface area contributed by atoms with E-state index >= 15 is 0 Å². The fourth-order valence-corrected chi connectivity index (χ4v) is 2.17. The van der Waals surface area contributed by atoms with Gasteiger partial charge in [0.05, 0.1) is 13.2 Å². The van der Waals surface area contributed by atoms with Gasteiger partial charge in [0, 0.05) is 20.2 Å². The Morgan fingerprint density at radius 1 is 1.37 bits per heavy atom. The summed E-state index contributed by atoms with van der Waals surface area (Å²) in [5.74, 6) is 2.17. The minimum Gasteiger partial charge on any atom is -0.382 e. The van der Waals surface area contributed by atoms with E-state index in [1.54, 1.807) is 7.11 Å². The van der Waals surface area contributed by atoms with Crippen LogP contribution < -0.4 is 10.6 Å². The van der Waals surface area contributed by atoms with Gasteiger partial charge < -0.3 is 20.1 Å². The molecule has 0 spiro atoms. The van der Waals surface area contributed by atoms with Crippen molar-refractivity contribution in [3.05, 3.63) is 5.82 Å². The topological polar surface area (TPSA) is 89.3 Å². The minimum atomic E-state index is 0.440. The van der Waals surface area contributed by atoms with Gasteiger partial charge in [-0.3, -0.25) is 5.10 Å². The molecule has 0 unspecified atom stereocenters. The number of aromatic amines is 1. The summed E-state index contributed by atoms with van der Waals surface area (Å²) in [7, 11) is 1.65. The quantitative estimate of drug-likeness (QED) is 0.685. The maximum Gasteiger partial charge on any atom is 0.244 e. The normalized spacial score (nSPS) is 17.1. The van der Waals surface area contributed by atoms with E-state index in [-0.39, 0.29) is 0 Å². The SMILES string of the molecule is COCCOCc1nc(N2CCC(CN)CC2)n[nH]1. The summed E-state index contributed by atoms with van der Waals surface area (Å²) < 4.78 is 10.3. The Kier molecular flexibility index (Phi) is 5.56. The number of aromatic nitrogens is 3. The Balaban J connectivity index is 1.77. The lowest BCUT2D eigenvalue weighted by molar-refractivity contribution is 0.0587. The van der Waals surface area contributed by atoms with Crippen LogP contribution in [0.5, 0.6) is 0 Å². The van der Waals surface area contributed by atoms with Crippen LogP contribution in [0.15, 0.2) is 0 Å². The van der Waals surface area contributed by atoms with Crippen LogP contribution in [0, 0.1) is 5.92 Å². The molecule has 1 aliphatic heterocycles. The standard InChI is InChI=1S/C12H23N5O2/c1-18-6-7-19-9-11-14-12(16-15-11)17-4-2-10(8-13)3-5-17/h10H,2-9,13H2,1H3,(H,14,15,16). The number of nitrogens with zero attached hydrogens (tertiary/aromatic N) is 3. The van der Waals surface area contributed by atoms with Gasteiger partial charge in [0.1, 0.15) is 6.61 Å². The molecule has 19 heavy (non-hydrogen) atoms. The molecule has 1 aromatic rings. The Hall–Kier alpha value is -1.18. The maximum absolute atomic E-state index is 5.69. The molecule has 0 amide bonds. The van der Waals surface area contributed by atoms with E-state index in [2.05, 4.69) is 20.1 Å². The molecule has 7 nitrogen and oxygen atoms in total. The Morgan fingerprint density at radius 2 is 2.16 bits per heavy atom. The summed E-state index contributed by atoms with van der Waals surface area (Å²) in [5.41, 5.74) is 5.69. The molecule has 1 saturated heterocycles. The van der Waals surface area contributed by atoms with Crippen LogP contribution in [-0.2, 0) is 16.1 Å². The maximum atomic E-state index is 5.69. The number of nitrogens with two attached hydrogens (primary N) is 1. The molecule has 0 aromatic carbocycles. The summed E-state index contributed by atoms with van der Waals surface area (Å²) in [4.78, 5) is 6.64. The van der Waals surface area contributed by atoms with Crippen LogP contribution in [0.2, 0.25) is 0 Å². The Labute approximate surface area is 113 Å². The first kappa shape index (κ1) is 14.2. The van der Waals surface area contributed by atoms with Crippen molar-refractivity contribution in [1.82, 2.24) is 15.2 Å². The highest BCUT2D eigenvalue weighted by Crippen LogP contribution is 2.19. The summed E-state index contributed by atoms with van der Waals surface area (Å²) in [6.45, 7) is 4.32. The summed E-state index contributed by atoms with van der Waals surface area (Å²) in [6.07, 6.45) is 2.23. The number of ether oxygens (including phenoxy) is 2. The Morgan fingerprint density at radius 3 is 2.84 bits per heavy atom. The lowest BCUT2D eigenvalue weighted by Gasteiger charge is -2.30. The molecule has 0 saturated carbocycles. The van der Waals surface area contributed by atoms with Crippen molar-refractivity contribution in [3.63, 3.8) is 0 Å². The molecular formula is C12H23N5O2. The average Bonchev–Trinajstić information content (AvgIpc) is 2.92. The van der Waals surface area contributed by atoms with Crippen LogP contribution in [-0.4, -0.2) is 55.1 Å². The summed E-state index contributed by atoms with van der Waals surface area (Å²) in [5, 5.41) is 7.15. The lowest BCUT2D eigenvalue weighted by Crippen LogP contribution is -2.36. The number of hydrogen-bond acceptors (Lipinski definition) is 6. The Bertz CT molecular complexity index is 363. The lowest BCUT2D eigenvalue weighted by atomic mass is 9.97. The van der Waals surface area contributed by atoms with Crippen LogP contribution in [0.3, 0.4) is 0 Å². The molecule has 0 aliphatic carbocycles. The van der Waals surface area contributed by atoms with E-state index in [0.717, 1.165) is 44.2 Å². The van der Waals surface area contributed by atoms with E-state index in [9.17, 15) is 0 Å². The molecule has 3 N–H and O–H groups in total. The minimum absolute atomic E-state index is 0.440. The van der Waals surface area contributed by atoms with Gasteiger partial charge >= 0.3 is 0 Å². The third kappa shape index (κ3) is 4.15. The number of nitrogens with one attached hydrogen (secondary N) is 1. The van der Waals surface area contributed by atoms with Gasteiger partial charge in [0.15, 0.2) is 5.82 Å². The van der Waals surface area contributed by atoms with Gasteiger partial charge in [0.2, 0.25) is 5.95 Å². The largest absolute Gasteiger partial charge is 0.382 e. The van der Waals surface area contributed by atoms with E-state index < -0.39 is 0 Å². The molecule has 1 aliphatic rings. The molecule has 1 aromatic heterocycles. The number of hydrogen-bond donors (Lipinski definition) is 2. The van der Waals surface area contributed by atoms with Crippen molar-refractivity contribution >= 4 is 5.95 Å². The first-order chi connectivity index (χ1) is 9.33. The highest BCUT2D eigenvalue weighted by Gasteiger charge is 2.20. The highest BCUT2D eigenvalue weighted by atomic mass is 16.5. The van der Waals surface area contributed by atoms with Crippen molar-refractivity contribution in [3.8, 4) is 0 Å². The highest BCUT2D eigenvalue weighted by molar-refractivity contribution is 5.29. The molecular weight excluding hydrogens is 246 g/mol. The summed E-state index contributed by atoms with van der Waals surface area (Å²) in [6, 6.07) is 0. The van der Waals surface area contributed by atoms with Crippen molar-refractivity contribution in [1.29, 1.82) is 0 Å². The molecule has 0 atom stereocenters. The summed E-state index contributed by atoms with van der Waals surface area (Å²) >= 11 is 0. The molecule has 0 radical (unpaired) electrons. The number of rotatable bonds is 7. The molecule has 1 fully saturated rings. The van der Waals surface area contributed by atoms with Crippen LogP contribution >= 0.6 is 0 Å². The number of anilines is 1. The number of H-pyrrole nitrogens is 1. The zero-order valence-corrected chi connectivity index (χ0v) is 11.5. The van der Waals surface area contributed by atoms with Crippen LogP contribution in [0.1, 0.15) is 18.7 Å². The zero-order valence-electron chi connectivity index (χ0n) is 11.5. The van der Waals surface area contributed by atoms with Crippen molar-refractivity contribution in [2.75, 3.05) is 44.9 Å². The second-order valence-electron chi connectivity index (χ2n) is 4.79. The van der Waals surface area contributed by atoms with Crippen LogP contribution in [0.25, 0.3) is 0 Å². The van der Waals surface area contributed by atoms with E-state index in [1.807, 2.05) is 0 Å². The molecule has 2 rings (SSSR count). The third-order valence-electron chi connectivity index (χ3n) is 3.42. The second-order valence-corrected chi connectivity index (χ2v) is 4.79. The third-order valence-corrected chi connectivity index (χ3v) is 3.42. The fraction of sp³-hybridized carbons (Fsp3) is 0.833. The molecule has 108 valence electrons. The zero-order chi connectivity index (χ0) is 13.5. The predicted molar refractivity (Wildman–Crippen MR) is 71.9 cm³/mol. The van der Waals surface area contributed by atoms with Crippen molar-refractivity contribution in [2.24, 2.45) is 11.7 Å². The molecule has 7 heteroatoms. The van der Waals surface area contributed by atoms with Crippen molar-refractivity contribution in [2.45, 2.75) is 19.4 Å². The second kappa shape index (κ2) is 7.42. The van der Waals surface area contributed by atoms with Gasteiger partial charge in [-0.15, -0.1) is 5.10 Å². The van der Waals surface area contributed by atoms with E-state index in [0.29, 0.717) is 25.7 Å². The van der Waals surface area contributed by atoms with E-state index in [1.165, 1.54) is 0 Å². The van der Waals surface area contributed by atoms with Gasteiger partial charge in [-0.1, -0.05) is 0 Å². The fourth-order valence-electron chi connectivity index (χ4n) is 2.17. The van der Waals surface area contributed by atoms with E-state index in [4.69, 9.17) is 15.2 Å². The van der Waals surface area contributed by atoms with Gasteiger partial charge in [-0.25, -0.2) is 0 Å². The predicted octanol–water partition coefficient (Wildman–Crippen LogP) is 0.143. The number of methoxy groups -OCH3 is 1. The monoisotopic (exact) mass is 269 g/mol. The van der Waals surface area contributed by atoms with Crippen LogP contribution in [0.4, 0.5) is 5.95 Å². The van der Waals surface area contributed by atoms with Gasteiger partial charge in [0.25, 0.3) is 0 Å².